The molecule has 0 amide bonds. The van der Waals surface area contributed by atoms with Crippen LogP contribution in [0.1, 0.15) is 98.3 Å². The van der Waals surface area contributed by atoms with E-state index < -0.39 is 5.41 Å². The zero-order chi connectivity index (χ0) is 17.6. The Morgan fingerprint density at radius 2 is 1.43 bits per heavy atom. The third-order valence-electron chi connectivity index (χ3n) is 4.43. The number of carbonyl (C=O) groups is 1. The minimum atomic E-state index is -0.435. The highest BCUT2D eigenvalue weighted by atomic mass is 32.1. The van der Waals surface area contributed by atoms with Crippen LogP contribution in [-0.4, -0.2) is 18.3 Å². The van der Waals surface area contributed by atoms with Gasteiger partial charge in [-0.15, -0.1) is 0 Å². The highest BCUT2D eigenvalue weighted by molar-refractivity contribution is 7.80. The van der Waals surface area contributed by atoms with Crippen molar-refractivity contribution >= 4 is 18.6 Å². The number of thiol groups is 1. The molecule has 0 rings (SSSR count). The Kier molecular flexibility index (Phi) is 14.1. The Hall–Kier alpha value is -0.180. The molecule has 0 heterocycles. The lowest BCUT2D eigenvalue weighted by molar-refractivity contribution is -0.154. The molecule has 0 bridgehead atoms. The van der Waals surface area contributed by atoms with Gasteiger partial charge in [-0.1, -0.05) is 78.6 Å². The Morgan fingerprint density at radius 1 is 0.957 bits per heavy atom. The van der Waals surface area contributed by atoms with Gasteiger partial charge in [-0.25, -0.2) is 0 Å². The fourth-order valence-corrected chi connectivity index (χ4v) is 3.30. The lowest BCUT2D eigenvalue weighted by atomic mass is 9.84. The van der Waals surface area contributed by atoms with Crippen LogP contribution in [0.2, 0.25) is 0 Å². The van der Waals surface area contributed by atoms with Crippen molar-refractivity contribution in [2.75, 3.05) is 12.4 Å². The molecule has 0 aliphatic rings. The Bertz CT molecular complexity index is 291. The van der Waals surface area contributed by atoms with Crippen LogP contribution >= 0.6 is 12.6 Å². The summed E-state index contributed by atoms with van der Waals surface area (Å²) in [5, 5.41) is 0. The predicted octanol–water partition coefficient (Wildman–Crippen LogP) is 6.43. The maximum atomic E-state index is 12.2. The molecule has 0 aliphatic heterocycles. The second kappa shape index (κ2) is 14.2. The van der Waals surface area contributed by atoms with Gasteiger partial charge in [0.15, 0.2) is 0 Å². The number of unbranched alkanes of at least 4 members (excludes halogenated alkanes) is 9. The topological polar surface area (TPSA) is 26.3 Å². The molecule has 1 unspecified atom stereocenters. The molecule has 0 aromatic carbocycles. The molecular weight excluding hydrogens is 304 g/mol. The van der Waals surface area contributed by atoms with Crippen molar-refractivity contribution in [3.8, 4) is 0 Å². The maximum Gasteiger partial charge on any atom is 0.312 e. The van der Waals surface area contributed by atoms with Gasteiger partial charge in [-0.2, -0.15) is 12.6 Å². The third-order valence-corrected chi connectivity index (χ3v) is 5.13. The van der Waals surface area contributed by atoms with Gasteiger partial charge in [0.1, 0.15) is 0 Å². The van der Waals surface area contributed by atoms with E-state index in [2.05, 4.69) is 33.4 Å². The summed E-state index contributed by atoms with van der Waals surface area (Å²) in [5.41, 5.74) is -0.435. The van der Waals surface area contributed by atoms with Crippen molar-refractivity contribution in [3.05, 3.63) is 0 Å². The first-order chi connectivity index (χ1) is 11.0. The van der Waals surface area contributed by atoms with E-state index in [9.17, 15) is 4.79 Å². The maximum absolute atomic E-state index is 12.2. The van der Waals surface area contributed by atoms with Crippen LogP contribution < -0.4 is 0 Å². The molecule has 0 aromatic heterocycles. The zero-order valence-corrected chi connectivity index (χ0v) is 16.9. The van der Waals surface area contributed by atoms with Crippen LogP contribution in [0.5, 0.6) is 0 Å². The van der Waals surface area contributed by atoms with Crippen molar-refractivity contribution in [1.29, 1.82) is 0 Å². The van der Waals surface area contributed by atoms with E-state index in [1.165, 1.54) is 57.8 Å². The zero-order valence-electron chi connectivity index (χ0n) is 16.0. The molecule has 0 N–H and O–H groups in total. The van der Waals surface area contributed by atoms with E-state index in [1.807, 2.05) is 6.92 Å². The van der Waals surface area contributed by atoms with Gasteiger partial charge in [0.05, 0.1) is 12.0 Å². The summed E-state index contributed by atoms with van der Waals surface area (Å²) in [7, 11) is 0. The number of hydrogen-bond donors (Lipinski definition) is 1. The highest BCUT2D eigenvalue weighted by Crippen LogP contribution is 2.29. The van der Waals surface area contributed by atoms with Crippen LogP contribution in [0.3, 0.4) is 0 Å². The Balaban J connectivity index is 3.58. The lowest BCUT2D eigenvalue weighted by Crippen LogP contribution is -2.33. The summed E-state index contributed by atoms with van der Waals surface area (Å²) in [6.45, 7) is 9.07. The molecular formula is C20H40O2S. The lowest BCUT2D eigenvalue weighted by Gasteiger charge is -2.27. The first kappa shape index (κ1) is 22.8. The van der Waals surface area contributed by atoms with Gasteiger partial charge in [0.2, 0.25) is 0 Å². The summed E-state index contributed by atoms with van der Waals surface area (Å²) in [4.78, 5) is 12.2. The SMILES string of the molecule is CCCCCCCCCCCCOC(=O)C(C)(CS)CC(C)C. The minimum absolute atomic E-state index is 0.0721. The van der Waals surface area contributed by atoms with Crippen LogP contribution in [0.4, 0.5) is 0 Å². The van der Waals surface area contributed by atoms with Crippen LogP contribution in [0, 0.1) is 11.3 Å². The number of esters is 1. The van der Waals surface area contributed by atoms with Gasteiger partial charge in [-0.05, 0) is 25.7 Å². The molecule has 138 valence electrons. The molecule has 0 saturated heterocycles. The van der Waals surface area contributed by atoms with Crippen molar-refractivity contribution in [2.45, 2.75) is 98.3 Å². The summed E-state index contributed by atoms with van der Waals surface area (Å²) in [6.07, 6.45) is 13.8. The first-order valence-corrected chi connectivity index (χ1v) is 10.4. The third kappa shape index (κ3) is 11.9. The minimum Gasteiger partial charge on any atom is -0.465 e. The van der Waals surface area contributed by atoms with E-state index in [-0.39, 0.29) is 5.97 Å². The largest absolute Gasteiger partial charge is 0.465 e. The van der Waals surface area contributed by atoms with Crippen molar-refractivity contribution in [2.24, 2.45) is 11.3 Å². The normalized spacial score (nSPS) is 14.0. The Labute approximate surface area is 150 Å². The molecule has 0 aromatic rings. The second-order valence-electron chi connectivity index (χ2n) is 7.63. The van der Waals surface area contributed by atoms with Gasteiger partial charge < -0.3 is 4.74 Å². The van der Waals surface area contributed by atoms with Crippen molar-refractivity contribution in [1.82, 2.24) is 0 Å². The number of carbonyl (C=O) groups excluding carboxylic acids is 1. The standard InChI is InChI=1S/C20H40O2S/c1-5-6-7-8-9-10-11-12-13-14-15-22-19(21)20(4,17-23)16-18(2)3/h18,23H,5-17H2,1-4H3. The summed E-state index contributed by atoms with van der Waals surface area (Å²) in [5.74, 6) is 0.969. The molecule has 1 atom stereocenters. The summed E-state index contributed by atoms with van der Waals surface area (Å²) in [6, 6.07) is 0. The molecule has 3 heteroatoms. The summed E-state index contributed by atoms with van der Waals surface area (Å²) < 4.78 is 5.48. The monoisotopic (exact) mass is 344 g/mol. The molecule has 0 fully saturated rings. The van der Waals surface area contributed by atoms with Crippen LogP contribution in [-0.2, 0) is 9.53 Å². The van der Waals surface area contributed by atoms with Gasteiger partial charge in [-0.3, -0.25) is 4.79 Å². The predicted molar refractivity (Wildman–Crippen MR) is 104 cm³/mol. The van der Waals surface area contributed by atoms with Crippen molar-refractivity contribution in [3.63, 3.8) is 0 Å². The van der Waals surface area contributed by atoms with E-state index in [1.54, 1.807) is 0 Å². The van der Waals surface area contributed by atoms with Crippen molar-refractivity contribution < 1.29 is 9.53 Å². The number of hydrogen-bond acceptors (Lipinski definition) is 3. The van der Waals surface area contributed by atoms with Gasteiger partial charge in [0.25, 0.3) is 0 Å². The number of ether oxygens (including phenoxy) is 1. The van der Waals surface area contributed by atoms with E-state index in [0.717, 1.165) is 12.8 Å². The highest BCUT2D eigenvalue weighted by Gasteiger charge is 2.34. The summed E-state index contributed by atoms with van der Waals surface area (Å²) >= 11 is 4.35. The van der Waals surface area contributed by atoms with Crippen LogP contribution in [0.15, 0.2) is 0 Å². The fraction of sp³-hybridized carbons (Fsp3) is 0.950. The second-order valence-corrected chi connectivity index (χ2v) is 7.95. The molecule has 0 spiro atoms. The average molecular weight is 345 g/mol. The van der Waals surface area contributed by atoms with Crippen LogP contribution in [0.25, 0.3) is 0 Å². The first-order valence-electron chi connectivity index (χ1n) is 9.74. The average Bonchev–Trinajstić information content (AvgIpc) is 2.51. The molecule has 0 aliphatic carbocycles. The molecule has 23 heavy (non-hydrogen) atoms. The Morgan fingerprint density at radius 3 is 1.87 bits per heavy atom. The molecule has 2 nitrogen and oxygen atoms in total. The van der Waals surface area contributed by atoms with E-state index >= 15 is 0 Å². The van der Waals surface area contributed by atoms with Gasteiger partial charge >= 0.3 is 5.97 Å². The fourth-order valence-electron chi connectivity index (χ4n) is 3.04. The quantitative estimate of drug-likeness (QED) is 0.210. The molecule has 0 radical (unpaired) electrons. The smallest absolute Gasteiger partial charge is 0.312 e. The van der Waals surface area contributed by atoms with Gasteiger partial charge in [0, 0.05) is 5.75 Å². The van der Waals surface area contributed by atoms with E-state index in [0.29, 0.717) is 18.3 Å². The number of rotatable bonds is 15. The van der Waals surface area contributed by atoms with E-state index in [4.69, 9.17) is 4.74 Å². The molecule has 0 saturated carbocycles.